The molecule has 3 rings (SSSR count). The normalized spacial score (nSPS) is 12.1. The topological polar surface area (TPSA) is 122 Å². The fourth-order valence-corrected chi connectivity index (χ4v) is 2.72. The predicted molar refractivity (Wildman–Crippen MR) is 93.1 cm³/mol. The molecule has 0 spiro atoms. The molecule has 2 heterocycles. The van der Waals surface area contributed by atoms with Crippen LogP contribution >= 0.6 is 0 Å². The van der Waals surface area contributed by atoms with Gasteiger partial charge in [0.25, 0.3) is 5.91 Å². The number of hydrogen-bond acceptors (Lipinski definition) is 5. The number of fused-ring (bicyclic) bond motifs is 1. The average Bonchev–Trinajstić information content (AvgIpc) is 3.19. The van der Waals surface area contributed by atoms with Crippen LogP contribution in [0.5, 0.6) is 5.75 Å². The standard InChI is InChI=1S/C17H19N5O4/c1-9(16-19-14(20-21-16)8-15(23)24)18-17(25)13-6-10-4-5-11(26-3)7-12(10)22(13)2/h4-7,9H,8H2,1-3H3,(H,18,25)(H,23,24)(H,19,20,21)/t9-/m0/s1. The van der Waals surface area contributed by atoms with Crippen LogP contribution in [0.1, 0.15) is 35.1 Å². The number of methoxy groups -OCH3 is 1. The Bertz CT molecular complexity index is 975. The SMILES string of the molecule is COc1ccc2cc(C(=O)N[C@@H](C)c3n[nH]c(CC(=O)O)n3)n(C)c2c1. The molecular weight excluding hydrogens is 338 g/mol. The predicted octanol–water partition coefficient (Wildman–Crippen LogP) is 1.42. The molecule has 9 heteroatoms. The molecule has 26 heavy (non-hydrogen) atoms. The van der Waals surface area contributed by atoms with Crippen LogP contribution in [0.25, 0.3) is 10.9 Å². The van der Waals surface area contributed by atoms with Gasteiger partial charge in [-0.25, -0.2) is 4.98 Å². The number of carboxylic acid groups (broad SMARTS) is 1. The van der Waals surface area contributed by atoms with Gasteiger partial charge >= 0.3 is 5.97 Å². The number of carbonyl (C=O) groups excluding carboxylic acids is 1. The molecule has 0 saturated heterocycles. The van der Waals surface area contributed by atoms with Crippen molar-refractivity contribution in [3.8, 4) is 5.75 Å². The second kappa shape index (κ2) is 6.87. The van der Waals surface area contributed by atoms with E-state index in [-0.39, 0.29) is 18.2 Å². The number of aryl methyl sites for hydroxylation is 1. The monoisotopic (exact) mass is 357 g/mol. The number of rotatable bonds is 6. The van der Waals surface area contributed by atoms with Crippen LogP contribution in [0.15, 0.2) is 24.3 Å². The molecule has 0 aliphatic heterocycles. The van der Waals surface area contributed by atoms with Crippen molar-refractivity contribution in [3.05, 3.63) is 41.6 Å². The average molecular weight is 357 g/mol. The quantitative estimate of drug-likeness (QED) is 0.613. The highest BCUT2D eigenvalue weighted by molar-refractivity contribution is 5.99. The van der Waals surface area contributed by atoms with Crippen LogP contribution in [0.2, 0.25) is 0 Å². The highest BCUT2D eigenvalue weighted by atomic mass is 16.5. The van der Waals surface area contributed by atoms with E-state index in [1.54, 1.807) is 31.7 Å². The highest BCUT2D eigenvalue weighted by Gasteiger charge is 2.19. The molecule has 0 bridgehead atoms. The third kappa shape index (κ3) is 3.37. The summed E-state index contributed by atoms with van der Waals surface area (Å²) in [5.74, 6) is 0.00103. The summed E-state index contributed by atoms with van der Waals surface area (Å²) >= 11 is 0. The number of aromatic nitrogens is 4. The molecule has 0 unspecified atom stereocenters. The number of nitrogens with zero attached hydrogens (tertiary/aromatic N) is 3. The van der Waals surface area contributed by atoms with Crippen molar-refractivity contribution in [1.82, 2.24) is 25.1 Å². The summed E-state index contributed by atoms with van der Waals surface area (Å²) in [5, 5.41) is 19.1. The lowest BCUT2D eigenvalue weighted by molar-refractivity contribution is -0.136. The number of benzene rings is 1. The Balaban J connectivity index is 1.79. The minimum Gasteiger partial charge on any atom is -0.497 e. The van der Waals surface area contributed by atoms with E-state index in [9.17, 15) is 9.59 Å². The van der Waals surface area contributed by atoms with Crippen molar-refractivity contribution in [2.24, 2.45) is 7.05 Å². The van der Waals surface area contributed by atoms with Gasteiger partial charge in [-0.15, -0.1) is 0 Å². The molecule has 3 N–H and O–H groups in total. The number of H-pyrrole nitrogens is 1. The zero-order valence-electron chi connectivity index (χ0n) is 14.6. The van der Waals surface area contributed by atoms with Crippen molar-refractivity contribution >= 4 is 22.8 Å². The summed E-state index contributed by atoms with van der Waals surface area (Å²) in [6.45, 7) is 1.73. The lowest BCUT2D eigenvalue weighted by Crippen LogP contribution is -2.28. The van der Waals surface area contributed by atoms with Crippen LogP contribution in [-0.2, 0) is 18.3 Å². The Morgan fingerprint density at radius 1 is 1.38 bits per heavy atom. The number of amides is 1. The first-order chi connectivity index (χ1) is 12.4. The van der Waals surface area contributed by atoms with Crippen molar-refractivity contribution in [3.63, 3.8) is 0 Å². The Morgan fingerprint density at radius 3 is 2.85 bits per heavy atom. The number of aromatic amines is 1. The number of carbonyl (C=O) groups is 2. The third-order valence-corrected chi connectivity index (χ3v) is 4.09. The Labute approximate surface area is 149 Å². The number of ether oxygens (including phenoxy) is 1. The molecule has 3 aromatic rings. The van der Waals surface area contributed by atoms with Gasteiger partial charge in [0.05, 0.1) is 18.7 Å². The summed E-state index contributed by atoms with van der Waals surface area (Å²) in [6, 6.07) is 6.91. The van der Waals surface area contributed by atoms with E-state index in [4.69, 9.17) is 9.84 Å². The van der Waals surface area contributed by atoms with Gasteiger partial charge in [-0.3, -0.25) is 14.7 Å². The summed E-state index contributed by atoms with van der Waals surface area (Å²) < 4.78 is 7.01. The summed E-state index contributed by atoms with van der Waals surface area (Å²) in [5.41, 5.74) is 1.37. The van der Waals surface area contributed by atoms with Crippen molar-refractivity contribution < 1.29 is 19.4 Å². The zero-order valence-corrected chi connectivity index (χ0v) is 14.6. The molecule has 0 radical (unpaired) electrons. The smallest absolute Gasteiger partial charge is 0.311 e. The molecule has 0 fully saturated rings. The molecule has 136 valence electrons. The van der Waals surface area contributed by atoms with Crippen molar-refractivity contribution in [1.29, 1.82) is 0 Å². The number of hydrogen-bond donors (Lipinski definition) is 3. The van der Waals surface area contributed by atoms with Crippen LogP contribution in [0, 0.1) is 0 Å². The maximum atomic E-state index is 12.6. The first-order valence-corrected chi connectivity index (χ1v) is 7.96. The minimum absolute atomic E-state index is 0.241. The third-order valence-electron chi connectivity index (χ3n) is 4.09. The zero-order chi connectivity index (χ0) is 18.8. The molecule has 1 amide bonds. The van der Waals surface area contributed by atoms with Gasteiger partial charge in [-0.1, -0.05) is 0 Å². The van der Waals surface area contributed by atoms with Gasteiger partial charge in [0.1, 0.15) is 23.7 Å². The van der Waals surface area contributed by atoms with Gasteiger partial charge in [-0.2, -0.15) is 5.10 Å². The second-order valence-electron chi connectivity index (χ2n) is 5.92. The molecule has 9 nitrogen and oxygen atoms in total. The van der Waals surface area contributed by atoms with E-state index in [0.717, 1.165) is 10.9 Å². The van der Waals surface area contributed by atoms with Gasteiger partial charge in [0.2, 0.25) is 0 Å². The number of carboxylic acids is 1. The first-order valence-electron chi connectivity index (χ1n) is 7.96. The van der Waals surface area contributed by atoms with E-state index < -0.39 is 12.0 Å². The Hall–Kier alpha value is -3.36. The molecule has 1 aromatic carbocycles. The molecule has 2 aromatic heterocycles. The van der Waals surface area contributed by atoms with E-state index in [0.29, 0.717) is 17.3 Å². The fraction of sp³-hybridized carbons (Fsp3) is 0.294. The number of aliphatic carboxylic acids is 1. The number of nitrogens with one attached hydrogen (secondary N) is 2. The minimum atomic E-state index is -1.00. The summed E-state index contributed by atoms with van der Waals surface area (Å²) in [4.78, 5) is 27.4. The van der Waals surface area contributed by atoms with E-state index in [1.165, 1.54) is 0 Å². The second-order valence-corrected chi connectivity index (χ2v) is 5.92. The summed E-state index contributed by atoms with van der Waals surface area (Å²) in [6.07, 6.45) is -0.251. The lowest BCUT2D eigenvalue weighted by Gasteiger charge is -2.11. The Morgan fingerprint density at radius 2 is 2.15 bits per heavy atom. The maximum absolute atomic E-state index is 12.6. The van der Waals surface area contributed by atoms with Crippen LogP contribution in [0.3, 0.4) is 0 Å². The van der Waals surface area contributed by atoms with E-state index in [2.05, 4.69) is 20.5 Å². The van der Waals surface area contributed by atoms with Gasteiger partial charge < -0.3 is 19.7 Å². The molecule has 0 saturated carbocycles. The molecule has 0 aliphatic rings. The molecule has 0 aliphatic carbocycles. The van der Waals surface area contributed by atoms with Crippen molar-refractivity contribution in [2.45, 2.75) is 19.4 Å². The summed E-state index contributed by atoms with van der Waals surface area (Å²) in [7, 11) is 3.40. The fourth-order valence-electron chi connectivity index (χ4n) is 2.72. The van der Waals surface area contributed by atoms with Crippen LogP contribution < -0.4 is 10.1 Å². The van der Waals surface area contributed by atoms with E-state index >= 15 is 0 Å². The molecular formula is C17H19N5O4. The lowest BCUT2D eigenvalue weighted by atomic mass is 10.2. The first kappa shape index (κ1) is 17.5. The van der Waals surface area contributed by atoms with Crippen LogP contribution in [-0.4, -0.2) is 43.8 Å². The Kier molecular flexibility index (Phi) is 4.61. The van der Waals surface area contributed by atoms with Gasteiger partial charge in [0, 0.05) is 18.5 Å². The molecule has 1 atom stereocenters. The van der Waals surface area contributed by atoms with Gasteiger partial charge in [-0.05, 0) is 25.1 Å². The van der Waals surface area contributed by atoms with Crippen LogP contribution in [0.4, 0.5) is 0 Å². The van der Waals surface area contributed by atoms with Crippen molar-refractivity contribution in [2.75, 3.05) is 7.11 Å². The van der Waals surface area contributed by atoms with Gasteiger partial charge in [0.15, 0.2) is 5.82 Å². The largest absolute Gasteiger partial charge is 0.497 e. The van der Waals surface area contributed by atoms with E-state index in [1.807, 2.05) is 18.2 Å². The maximum Gasteiger partial charge on any atom is 0.311 e. The highest BCUT2D eigenvalue weighted by Crippen LogP contribution is 2.24.